The van der Waals surface area contributed by atoms with E-state index in [1.54, 1.807) is 26.0 Å². The molecule has 0 unspecified atom stereocenters. The number of hydrogen-bond donors (Lipinski definition) is 0. The van der Waals surface area contributed by atoms with Crippen LogP contribution in [0.4, 0.5) is 4.39 Å². The van der Waals surface area contributed by atoms with Crippen LogP contribution >= 0.6 is 12.2 Å². The molecule has 0 aromatic carbocycles. The predicted octanol–water partition coefficient (Wildman–Crippen LogP) is 3.07. The van der Waals surface area contributed by atoms with Gasteiger partial charge in [-0.3, -0.25) is 0 Å². The van der Waals surface area contributed by atoms with Gasteiger partial charge in [-0.25, -0.2) is 4.39 Å². The van der Waals surface area contributed by atoms with Crippen molar-refractivity contribution in [3.8, 4) is 0 Å². The van der Waals surface area contributed by atoms with Gasteiger partial charge >= 0.3 is 0 Å². The van der Waals surface area contributed by atoms with E-state index in [1.807, 2.05) is 6.92 Å². The molecule has 0 aromatic heterocycles. The Balaban J connectivity index is 3.64. The summed E-state index contributed by atoms with van der Waals surface area (Å²) in [6.07, 6.45) is 3.96. The maximum atomic E-state index is 12.7. The fourth-order valence-electron chi connectivity index (χ4n) is 0.505. The lowest BCUT2D eigenvalue weighted by atomic mass is 10.1. The lowest BCUT2D eigenvalue weighted by molar-refractivity contribution is 0.221. The number of halogens is 1. The molecule has 0 nitrogen and oxygen atoms in total. The van der Waals surface area contributed by atoms with Crippen LogP contribution in [0.15, 0.2) is 12.2 Å². The first kappa shape index (κ1) is 9.76. The Morgan fingerprint density at radius 2 is 2.10 bits per heavy atom. The molecule has 0 rings (SSSR count). The summed E-state index contributed by atoms with van der Waals surface area (Å²) in [6, 6.07) is 0. The number of rotatable bonds is 3. The summed E-state index contributed by atoms with van der Waals surface area (Å²) in [6.45, 7) is 4.92. The molecule has 0 atom stereocenters. The van der Waals surface area contributed by atoms with Gasteiger partial charge in [-0.05, 0) is 27.2 Å². The van der Waals surface area contributed by atoms with E-state index >= 15 is 0 Å². The minimum absolute atomic E-state index is 0.432. The highest BCUT2D eigenvalue weighted by Crippen LogP contribution is 2.13. The zero-order valence-corrected chi connectivity index (χ0v) is 7.46. The molecule has 0 amide bonds. The first-order valence-electron chi connectivity index (χ1n) is 3.28. The number of thiocarbonyl (C=S) groups is 1. The summed E-state index contributed by atoms with van der Waals surface area (Å²) in [5.41, 5.74) is -1.11. The monoisotopic (exact) mass is 160 g/mol. The summed E-state index contributed by atoms with van der Waals surface area (Å²) >= 11 is 4.77. The molecule has 0 radical (unpaired) electrons. The van der Waals surface area contributed by atoms with Crippen LogP contribution in [-0.4, -0.2) is 10.5 Å². The van der Waals surface area contributed by atoms with Crippen LogP contribution in [0.2, 0.25) is 0 Å². The van der Waals surface area contributed by atoms with Crippen molar-refractivity contribution in [3.63, 3.8) is 0 Å². The third-order valence-corrected chi connectivity index (χ3v) is 1.09. The molecule has 0 N–H and O–H groups in total. The van der Waals surface area contributed by atoms with Gasteiger partial charge in [-0.15, -0.1) is 0 Å². The van der Waals surface area contributed by atoms with Crippen molar-refractivity contribution in [2.24, 2.45) is 0 Å². The molecule has 58 valence electrons. The van der Waals surface area contributed by atoms with Crippen LogP contribution in [0.25, 0.3) is 0 Å². The van der Waals surface area contributed by atoms with Crippen LogP contribution in [0.1, 0.15) is 27.2 Å². The molecule has 2 heteroatoms. The average Bonchev–Trinajstić information content (AvgIpc) is 1.59. The maximum absolute atomic E-state index is 12.7. The summed E-state index contributed by atoms with van der Waals surface area (Å²) in [5, 5.41) is 0. The van der Waals surface area contributed by atoms with E-state index in [0.717, 1.165) is 4.86 Å². The van der Waals surface area contributed by atoms with Gasteiger partial charge in [0, 0.05) is 4.86 Å². The standard InChI is InChI=1S/C8H13FS/c1-7(10)5-4-6-8(2,3)9/h4-5H,6H2,1-3H3/b5-4+. The zero-order chi connectivity index (χ0) is 8.20. The van der Waals surface area contributed by atoms with Gasteiger partial charge in [0.1, 0.15) is 5.67 Å². The van der Waals surface area contributed by atoms with E-state index in [0.29, 0.717) is 6.42 Å². The van der Waals surface area contributed by atoms with E-state index in [-0.39, 0.29) is 0 Å². The van der Waals surface area contributed by atoms with Crippen LogP contribution in [-0.2, 0) is 0 Å². The maximum Gasteiger partial charge on any atom is 0.109 e. The first-order chi connectivity index (χ1) is 4.42. The molecular formula is C8H13FS. The van der Waals surface area contributed by atoms with Gasteiger partial charge in [0.05, 0.1) is 0 Å². The second-order valence-electron chi connectivity index (χ2n) is 2.94. The van der Waals surface area contributed by atoms with E-state index in [4.69, 9.17) is 12.2 Å². The van der Waals surface area contributed by atoms with E-state index in [9.17, 15) is 4.39 Å². The fourth-order valence-corrected chi connectivity index (χ4v) is 0.601. The Kier molecular flexibility index (Phi) is 3.72. The molecule has 0 fully saturated rings. The zero-order valence-electron chi connectivity index (χ0n) is 6.65. The van der Waals surface area contributed by atoms with Crippen molar-refractivity contribution in [1.82, 2.24) is 0 Å². The smallest absolute Gasteiger partial charge is 0.109 e. The minimum atomic E-state index is -1.11. The van der Waals surface area contributed by atoms with Crippen molar-refractivity contribution in [3.05, 3.63) is 12.2 Å². The van der Waals surface area contributed by atoms with E-state index < -0.39 is 5.67 Å². The predicted molar refractivity (Wildman–Crippen MR) is 47.2 cm³/mol. The fraction of sp³-hybridized carbons (Fsp3) is 0.625. The van der Waals surface area contributed by atoms with Gasteiger partial charge in [-0.2, -0.15) is 0 Å². The lowest BCUT2D eigenvalue weighted by Crippen LogP contribution is -2.09. The lowest BCUT2D eigenvalue weighted by Gasteiger charge is -2.09. The molecule has 0 aliphatic heterocycles. The number of allylic oxidation sites excluding steroid dienone is 2. The molecule has 0 aliphatic rings. The second kappa shape index (κ2) is 3.81. The Bertz CT molecular complexity index is 142. The SMILES string of the molecule is CC(=S)/C=C/CC(C)(C)F. The van der Waals surface area contributed by atoms with Gasteiger partial charge in [0.2, 0.25) is 0 Å². The van der Waals surface area contributed by atoms with Crippen LogP contribution in [0, 0.1) is 0 Å². The Hall–Kier alpha value is -0.240. The number of hydrogen-bond acceptors (Lipinski definition) is 1. The summed E-state index contributed by atoms with van der Waals surface area (Å²) in [7, 11) is 0. The minimum Gasteiger partial charge on any atom is -0.244 e. The molecule has 0 bridgehead atoms. The van der Waals surface area contributed by atoms with Crippen molar-refractivity contribution >= 4 is 17.1 Å². The van der Waals surface area contributed by atoms with Gasteiger partial charge in [0.15, 0.2) is 0 Å². The third kappa shape index (κ3) is 7.76. The Morgan fingerprint density at radius 3 is 2.40 bits per heavy atom. The van der Waals surface area contributed by atoms with E-state index in [2.05, 4.69) is 0 Å². The molecule has 0 aromatic rings. The highest BCUT2D eigenvalue weighted by Gasteiger charge is 2.11. The van der Waals surface area contributed by atoms with Crippen LogP contribution in [0.5, 0.6) is 0 Å². The molecular weight excluding hydrogens is 147 g/mol. The first-order valence-corrected chi connectivity index (χ1v) is 3.69. The largest absolute Gasteiger partial charge is 0.244 e. The summed E-state index contributed by atoms with van der Waals surface area (Å²) < 4.78 is 12.7. The highest BCUT2D eigenvalue weighted by atomic mass is 32.1. The van der Waals surface area contributed by atoms with Gasteiger partial charge < -0.3 is 0 Å². The quantitative estimate of drug-likeness (QED) is 0.451. The van der Waals surface area contributed by atoms with Gasteiger partial charge in [-0.1, -0.05) is 24.4 Å². The molecule has 0 aliphatic carbocycles. The van der Waals surface area contributed by atoms with Crippen LogP contribution in [0.3, 0.4) is 0 Å². The Labute approximate surface area is 67.1 Å². The summed E-state index contributed by atoms with van der Waals surface area (Å²) in [5.74, 6) is 0. The van der Waals surface area contributed by atoms with Gasteiger partial charge in [0.25, 0.3) is 0 Å². The number of alkyl halides is 1. The second-order valence-corrected chi connectivity index (χ2v) is 3.58. The molecule has 0 saturated heterocycles. The van der Waals surface area contributed by atoms with Crippen molar-refractivity contribution in [1.29, 1.82) is 0 Å². The Morgan fingerprint density at radius 1 is 1.60 bits per heavy atom. The van der Waals surface area contributed by atoms with Crippen LogP contribution < -0.4 is 0 Å². The van der Waals surface area contributed by atoms with Crippen molar-refractivity contribution < 1.29 is 4.39 Å². The van der Waals surface area contributed by atoms with E-state index in [1.165, 1.54) is 0 Å². The third-order valence-electron chi connectivity index (χ3n) is 0.956. The molecule has 0 heterocycles. The van der Waals surface area contributed by atoms with Crippen molar-refractivity contribution in [2.75, 3.05) is 0 Å². The molecule has 0 spiro atoms. The average molecular weight is 160 g/mol. The molecule has 10 heavy (non-hydrogen) atoms. The highest BCUT2D eigenvalue weighted by molar-refractivity contribution is 7.80. The van der Waals surface area contributed by atoms with Crippen molar-refractivity contribution in [2.45, 2.75) is 32.9 Å². The normalized spacial score (nSPS) is 12.4. The summed E-state index contributed by atoms with van der Waals surface area (Å²) in [4.78, 5) is 0.796. The molecule has 0 saturated carbocycles. The topological polar surface area (TPSA) is 0 Å².